The Kier molecular flexibility index (Phi) is 4.10. The quantitative estimate of drug-likeness (QED) is 0.903. The van der Waals surface area contributed by atoms with Crippen LogP contribution in [-0.4, -0.2) is 32.0 Å². The minimum atomic E-state index is -0.713. The Bertz CT molecular complexity index is 394. The number of halogens is 1. The summed E-state index contributed by atoms with van der Waals surface area (Å²) in [5, 5.41) is 10.3. The standard InChI is InChI=1S/C12H15ClO4/c1-15-7-10(14)8-5-9(13)12-11(6-8)16-3-2-4-17-12/h5-6,10,14H,2-4,7H2,1H3. The van der Waals surface area contributed by atoms with Gasteiger partial charge in [0.2, 0.25) is 0 Å². The van der Waals surface area contributed by atoms with E-state index in [1.54, 1.807) is 12.1 Å². The molecule has 0 aliphatic carbocycles. The lowest BCUT2D eigenvalue weighted by atomic mass is 10.1. The van der Waals surface area contributed by atoms with Crippen LogP contribution in [0, 0.1) is 0 Å². The fourth-order valence-electron chi connectivity index (χ4n) is 1.70. The van der Waals surface area contributed by atoms with Crippen molar-refractivity contribution in [3.05, 3.63) is 22.7 Å². The lowest BCUT2D eigenvalue weighted by Gasteiger charge is -2.14. The fourth-order valence-corrected chi connectivity index (χ4v) is 1.97. The summed E-state index contributed by atoms with van der Waals surface area (Å²) in [6.45, 7) is 1.40. The summed E-state index contributed by atoms with van der Waals surface area (Å²) < 4.78 is 15.9. The third kappa shape index (κ3) is 2.83. The van der Waals surface area contributed by atoms with Crippen LogP contribution in [0.1, 0.15) is 18.1 Å². The van der Waals surface area contributed by atoms with Crippen LogP contribution in [0.2, 0.25) is 5.02 Å². The van der Waals surface area contributed by atoms with Gasteiger partial charge in [0.1, 0.15) is 6.10 Å². The highest BCUT2D eigenvalue weighted by Gasteiger charge is 2.18. The lowest BCUT2D eigenvalue weighted by Crippen LogP contribution is -2.06. The van der Waals surface area contributed by atoms with Crippen molar-refractivity contribution in [3.8, 4) is 11.5 Å². The van der Waals surface area contributed by atoms with Crippen molar-refractivity contribution in [1.82, 2.24) is 0 Å². The van der Waals surface area contributed by atoms with E-state index in [1.165, 1.54) is 7.11 Å². The third-order valence-electron chi connectivity index (χ3n) is 2.53. The average Bonchev–Trinajstić information content (AvgIpc) is 2.54. The van der Waals surface area contributed by atoms with Gasteiger partial charge in [0.15, 0.2) is 11.5 Å². The first-order valence-electron chi connectivity index (χ1n) is 5.48. The molecule has 1 atom stereocenters. The summed E-state index contributed by atoms with van der Waals surface area (Å²) in [4.78, 5) is 0. The van der Waals surface area contributed by atoms with E-state index in [4.69, 9.17) is 25.8 Å². The molecular weight excluding hydrogens is 244 g/mol. The Balaban J connectivity index is 2.31. The fraction of sp³-hybridized carbons (Fsp3) is 0.500. The monoisotopic (exact) mass is 258 g/mol. The molecule has 1 heterocycles. The van der Waals surface area contributed by atoms with Crippen LogP contribution in [0.4, 0.5) is 0 Å². The van der Waals surface area contributed by atoms with Crippen molar-refractivity contribution in [2.24, 2.45) is 0 Å². The third-order valence-corrected chi connectivity index (χ3v) is 2.81. The normalized spacial score (nSPS) is 16.4. The van der Waals surface area contributed by atoms with Crippen LogP contribution in [0.5, 0.6) is 11.5 Å². The number of fused-ring (bicyclic) bond motifs is 1. The van der Waals surface area contributed by atoms with Gasteiger partial charge in [-0.25, -0.2) is 0 Å². The molecule has 0 bridgehead atoms. The number of aliphatic hydroxyl groups is 1. The van der Waals surface area contributed by atoms with Crippen molar-refractivity contribution in [3.63, 3.8) is 0 Å². The number of hydrogen-bond donors (Lipinski definition) is 1. The van der Waals surface area contributed by atoms with E-state index in [9.17, 15) is 5.11 Å². The van der Waals surface area contributed by atoms with Gasteiger partial charge in [-0.2, -0.15) is 0 Å². The molecule has 0 saturated heterocycles. The van der Waals surface area contributed by atoms with Gasteiger partial charge < -0.3 is 19.3 Å². The number of aliphatic hydroxyl groups excluding tert-OH is 1. The first kappa shape index (κ1) is 12.5. The molecule has 1 aliphatic rings. The van der Waals surface area contributed by atoms with Crippen molar-refractivity contribution in [2.45, 2.75) is 12.5 Å². The van der Waals surface area contributed by atoms with E-state index >= 15 is 0 Å². The number of rotatable bonds is 3. The second-order valence-corrected chi connectivity index (χ2v) is 4.26. The molecule has 0 radical (unpaired) electrons. The molecule has 17 heavy (non-hydrogen) atoms. The maximum absolute atomic E-state index is 9.84. The van der Waals surface area contributed by atoms with Crippen LogP contribution in [0.25, 0.3) is 0 Å². The first-order chi connectivity index (χ1) is 8.22. The first-order valence-corrected chi connectivity index (χ1v) is 5.86. The van der Waals surface area contributed by atoms with E-state index in [-0.39, 0.29) is 6.61 Å². The zero-order valence-corrected chi connectivity index (χ0v) is 10.4. The molecule has 2 rings (SSSR count). The highest BCUT2D eigenvalue weighted by Crippen LogP contribution is 2.39. The molecule has 0 fully saturated rings. The van der Waals surface area contributed by atoms with Gasteiger partial charge in [0.25, 0.3) is 0 Å². The number of hydrogen-bond acceptors (Lipinski definition) is 4. The molecule has 5 heteroatoms. The Morgan fingerprint density at radius 1 is 1.41 bits per heavy atom. The van der Waals surface area contributed by atoms with Crippen LogP contribution in [0.3, 0.4) is 0 Å². The molecule has 4 nitrogen and oxygen atoms in total. The van der Waals surface area contributed by atoms with Gasteiger partial charge in [0, 0.05) is 13.5 Å². The predicted octanol–water partition coefficient (Wildman–Crippen LogP) is 2.18. The number of methoxy groups -OCH3 is 1. The Morgan fingerprint density at radius 3 is 2.94 bits per heavy atom. The lowest BCUT2D eigenvalue weighted by molar-refractivity contribution is 0.0642. The van der Waals surface area contributed by atoms with Gasteiger partial charge >= 0.3 is 0 Å². The molecular formula is C12H15ClO4. The second-order valence-electron chi connectivity index (χ2n) is 3.85. The van der Waals surface area contributed by atoms with E-state index in [0.717, 1.165) is 6.42 Å². The van der Waals surface area contributed by atoms with Crippen LogP contribution >= 0.6 is 11.6 Å². The maximum Gasteiger partial charge on any atom is 0.179 e. The zero-order chi connectivity index (χ0) is 12.3. The molecule has 1 N–H and O–H groups in total. The Morgan fingerprint density at radius 2 is 2.18 bits per heavy atom. The summed E-state index contributed by atoms with van der Waals surface area (Å²) in [6, 6.07) is 3.43. The van der Waals surface area contributed by atoms with Crippen LogP contribution in [-0.2, 0) is 4.74 Å². The van der Waals surface area contributed by atoms with Gasteiger partial charge in [-0.1, -0.05) is 11.6 Å². The zero-order valence-electron chi connectivity index (χ0n) is 9.61. The van der Waals surface area contributed by atoms with E-state index in [1.807, 2.05) is 0 Å². The number of benzene rings is 1. The molecule has 1 aromatic rings. The average molecular weight is 259 g/mol. The van der Waals surface area contributed by atoms with Gasteiger partial charge in [-0.15, -0.1) is 0 Å². The summed E-state index contributed by atoms with van der Waals surface area (Å²) in [6.07, 6.45) is 0.107. The minimum absolute atomic E-state index is 0.218. The summed E-state index contributed by atoms with van der Waals surface area (Å²) in [7, 11) is 1.54. The topological polar surface area (TPSA) is 47.9 Å². The highest BCUT2D eigenvalue weighted by molar-refractivity contribution is 6.32. The highest BCUT2D eigenvalue weighted by atomic mass is 35.5. The Hall–Kier alpha value is -0.970. The van der Waals surface area contributed by atoms with E-state index in [2.05, 4.69) is 0 Å². The Labute approximate surface area is 105 Å². The van der Waals surface area contributed by atoms with Crippen molar-refractivity contribution in [2.75, 3.05) is 26.9 Å². The molecule has 0 amide bonds. The minimum Gasteiger partial charge on any atom is -0.489 e. The molecule has 1 aromatic carbocycles. The van der Waals surface area contributed by atoms with Crippen molar-refractivity contribution in [1.29, 1.82) is 0 Å². The largest absolute Gasteiger partial charge is 0.489 e. The van der Waals surface area contributed by atoms with Gasteiger partial charge in [-0.3, -0.25) is 0 Å². The second kappa shape index (κ2) is 5.58. The molecule has 0 aromatic heterocycles. The molecule has 1 unspecified atom stereocenters. The van der Waals surface area contributed by atoms with Gasteiger partial charge in [0.05, 0.1) is 24.8 Å². The summed E-state index contributed by atoms with van der Waals surface area (Å²) >= 11 is 6.11. The summed E-state index contributed by atoms with van der Waals surface area (Å²) in [5.41, 5.74) is 0.668. The van der Waals surface area contributed by atoms with Gasteiger partial charge in [-0.05, 0) is 17.7 Å². The van der Waals surface area contributed by atoms with E-state index < -0.39 is 6.10 Å². The van der Waals surface area contributed by atoms with Crippen molar-refractivity contribution < 1.29 is 19.3 Å². The maximum atomic E-state index is 9.84. The molecule has 1 aliphatic heterocycles. The molecule has 0 saturated carbocycles. The smallest absolute Gasteiger partial charge is 0.179 e. The predicted molar refractivity (Wildman–Crippen MR) is 63.9 cm³/mol. The molecule has 94 valence electrons. The summed E-state index contributed by atoms with van der Waals surface area (Å²) in [5.74, 6) is 1.14. The van der Waals surface area contributed by atoms with Crippen molar-refractivity contribution >= 4 is 11.6 Å². The molecule has 0 spiro atoms. The van der Waals surface area contributed by atoms with Crippen LogP contribution < -0.4 is 9.47 Å². The van der Waals surface area contributed by atoms with E-state index in [0.29, 0.717) is 35.3 Å². The van der Waals surface area contributed by atoms with Crippen LogP contribution in [0.15, 0.2) is 12.1 Å². The number of ether oxygens (including phenoxy) is 3. The SMILES string of the molecule is COCC(O)c1cc(Cl)c2c(c1)OCCCO2.